The van der Waals surface area contributed by atoms with Crippen LogP contribution in [0.5, 0.6) is 23.0 Å². The van der Waals surface area contributed by atoms with Crippen molar-refractivity contribution in [3.05, 3.63) is 46.0 Å². The highest BCUT2D eigenvalue weighted by Crippen LogP contribution is 2.46. The van der Waals surface area contributed by atoms with Gasteiger partial charge in [-0.2, -0.15) is 0 Å². The third-order valence-electron chi connectivity index (χ3n) is 5.44. The number of carbonyl (C=O) groups excluding carboxylic acids is 1. The topological polar surface area (TPSA) is 104 Å². The fourth-order valence-electron chi connectivity index (χ4n) is 3.83. The molecular weight excluding hydrogens is 418 g/mol. The van der Waals surface area contributed by atoms with Crippen LogP contribution in [0.25, 0.3) is 0 Å². The van der Waals surface area contributed by atoms with E-state index in [1.54, 1.807) is 12.0 Å². The summed E-state index contributed by atoms with van der Waals surface area (Å²) in [5.74, 6) is 0.435. The van der Waals surface area contributed by atoms with Crippen LogP contribution in [-0.2, 0) is 0 Å². The van der Waals surface area contributed by atoms with Gasteiger partial charge in [0.25, 0.3) is 5.91 Å². The number of carbonyl (C=O) groups is 1. The molecule has 1 amide bonds. The molecule has 2 aromatic carbocycles. The van der Waals surface area contributed by atoms with Crippen LogP contribution < -0.4 is 23.8 Å². The van der Waals surface area contributed by atoms with E-state index >= 15 is 0 Å². The van der Waals surface area contributed by atoms with E-state index in [0.29, 0.717) is 19.6 Å². The zero-order valence-corrected chi connectivity index (χ0v) is 18.6. The highest BCUT2D eigenvalue weighted by molar-refractivity contribution is 6.00. The maximum absolute atomic E-state index is 13.4. The number of hydrogen-bond acceptors (Lipinski definition) is 8. The van der Waals surface area contributed by atoms with Gasteiger partial charge in [0.05, 0.1) is 33.4 Å². The lowest BCUT2D eigenvalue weighted by atomic mass is 10.1. The van der Waals surface area contributed by atoms with E-state index in [0.717, 1.165) is 24.4 Å². The second-order valence-corrected chi connectivity index (χ2v) is 7.13. The Bertz CT molecular complexity index is 978. The van der Waals surface area contributed by atoms with Crippen molar-refractivity contribution in [3.8, 4) is 23.0 Å². The lowest BCUT2D eigenvalue weighted by molar-refractivity contribution is -0.386. The minimum atomic E-state index is -0.629. The molecule has 10 nitrogen and oxygen atoms in total. The van der Waals surface area contributed by atoms with E-state index in [9.17, 15) is 14.9 Å². The second-order valence-electron chi connectivity index (χ2n) is 7.13. The molecule has 0 N–H and O–H groups in total. The van der Waals surface area contributed by atoms with Crippen LogP contribution in [0.1, 0.15) is 16.8 Å². The van der Waals surface area contributed by atoms with Crippen LogP contribution in [0.15, 0.2) is 30.3 Å². The summed E-state index contributed by atoms with van der Waals surface area (Å²) in [5.41, 5.74) is 0.493. The molecule has 1 saturated heterocycles. The number of methoxy groups -OCH3 is 4. The highest BCUT2D eigenvalue weighted by atomic mass is 16.6. The first-order chi connectivity index (χ1) is 15.4. The maximum Gasteiger partial charge on any atom is 0.327 e. The number of nitrogens with zero attached hydrogens (tertiary/aromatic N) is 3. The first kappa shape index (κ1) is 23.0. The van der Waals surface area contributed by atoms with Gasteiger partial charge >= 0.3 is 5.69 Å². The molecule has 3 rings (SSSR count). The normalized spacial score (nSPS) is 13.9. The van der Waals surface area contributed by atoms with Gasteiger partial charge in [0.1, 0.15) is 11.3 Å². The van der Waals surface area contributed by atoms with Crippen LogP contribution in [0.4, 0.5) is 11.4 Å². The predicted octanol–water partition coefficient (Wildman–Crippen LogP) is 2.98. The first-order valence-electron chi connectivity index (χ1n) is 10.1. The molecule has 0 atom stereocenters. The summed E-state index contributed by atoms with van der Waals surface area (Å²) in [4.78, 5) is 28.4. The molecule has 1 heterocycles. The van der Waals surface area contributed by atoms with Crippen LogP contribution in [0.2, 0.25) is 0 Å². The molecule has 0 aliphatic carbocycles. The fraction of sp³-hybridized carbons (Fsp3) is 0.409. The Morgan fingerprint density at radius 3 is 2.16 bits per heavy atom. The van der Waals surface area contributed by atoms with Gasteiger partial charge in [-0.1, -0.05) is 0 Å². The summed E-state index contributed by atoms with van der Waals surface area (Å²) in [6.07, 6.45) is 0.718. The van der Waals surface area contributed by atoms with Crippen LogP contribution >= 0.6 is 0 Å². The highest BCUT2D eigenvalue weighted by Gasteiger charge is 2.34. The summed E-state index contributed by atoms with van der Waals surface area (Å²) >= 11 is 0. The Kier molecular flexibility index (Phi) is 7.24. The van der Waals surface area contributed by atoms with Gasteiger partial charge in [0.2, 0.25) is 11.5 Å². The van der Waals surface area contributed by atoms with Crippen molar-refractivity contribution in [1.29, 1.82) is 0 Å². The second kappa shape index (κ2) is 10.1. The van der Waals surface area contributed by atoms with Crippen molar-refractivity contribution in [2.45, 2.75) is 6.42 Å². The Morgan fingerprint density at radius 1 is 0.906 bits per heavy atom. The summed E-state index contributed by atoms with van der Waals surface area (Å²) in [6.45, 7) is 2.24. The SMILES string of the molecule is COc1ccc(N2CCCN(C(=O)c3cc(OC)c(OC)c(OC)c3[N+](=O)[O-])CC2)cc1. The molecule has 10 heteroatoms. The average molecular weight is 445 g/mol. The van der Waals surface area contributed by atoms with Crippen molar-refractivity contribution in [1.82, 2.24) is 4.90 Å². The van der Waals surface area contributed by atoms with E-state index in [-0.39, 0.29) is 22.8 Å². The monoisotopic (exact) mass is 445 g/mol. The largest absolute Gasteiger partial charge is 0.497 e. The number of rotatable bonds is 7. The van der Waals surface area contributed by atoms with Crippen molar-refractivity contribution in [3.63, 3.8) is 0 Å². The van der Waals surface area contributed by atoms with Gasteiger partial charge < -0.3 is 28.7 Å². The lowest BCUT2D eigenvalue weighted by Gasteiger charge is -2.24. The molecule has 0 unspecified atom stereocenters. The third-order valence-corrected chi connectivity index (χ3v) is 5.44. The Morgan fingerprint density at radius 2 is 1.59 bits per heavy atom. The van der Waals surface area contributed by atoms with Gasteiger partial charge in [0, 0.05) is 37.9 Å². The molecule has 0 saturated carbocycles. The van der Waals surface area contributed by atoms with E-state index in [2.05, 4.69) is 4.90 Å². The fourth-order valence-corrected chi connectivity index (χ4v) is 3.83. The Balaban J connectivity index is 1.89. The number of nitro benzene ring substituents is 1. The smallest absolute Gasteiger partial charge is 0.327 e. The number of nitro groups is 1. The zero-order valence-electron chi connectivity index (χ0n) is 18.6. The number of ether oxygens (including phenoxy) is 4. The van der Waals surface area contributed by atoms with Crippen molar-refractivity contribution in [2.24, 2.45) is 0 Å². The number of amides is 1. The molecular formula is C22H27N3O7. The number of benzene rings is 2. The molecule has 0 aromatic heterocycles. The Labute approximate surface area is 186 Å². The molecule has 0 radical (unpaired) electrons. The predicted molar refractivity (Wildman–Crippen MR) is 118 cm³/mol. The zero-order chi connectivity index (χ0) is 23.3. The van der Waals surface area contributed by atoms with Gasteiger partial charge in [-0.25, -0.2) is 0 Å². The van der Waals surface area contributed by atoms with Crippen molar-refractivity contribution >= 4 is 17.3 Å². The van der Waals surface area contributed by atoms with Crippen molar-refractivity contribution < 1.29 is 28.7 Å². The molecule has 1 aliphatic rings. The molecule has 1 aliphatic heterocycles. The van der Waals surface area contributed by atoms with E-state index in [4.69, 9.17) is 18.9 Å². The quantitative estimate of drug-likeness (QED) is 0.473. The minimum Gasteiger partial charge on any atom is -0.497 e. The molecule has 1 fully saturated rings. The summed E-state index contributed by atoms with van der Waals surface area (Å²) in [7, 11) is 5.66. The van der Waals surface area contributed by atoms with E-state index in [1.165, 1.54) is 27.4 Å². The lowest BCUT2D eigenvalue weighted by Crippen LogP contribution is -2.35. The molecule has 0 spiro atoms. The number of anilines is 1. The summed E-state index contributed by atoms with van der Waals surface area (Å²) in [6, 6.07) is 9.07. The first-order valence-corrected chi connectivity index (χ1v) is 10.1. The van der Waals surface area contributed by atoms with Crippen LogP contribution in [-0.4, -0.2) is 70.3 Å². The van der Waals surface area contributed by atoms with Gasteiger partial charge in [-0.15, -0.1) is 0 Å². The van der Waals surface area contributed by atoms with Gasteiger partial charge in [-0.3, -0.25) is 14.9 Å². The average Bonchev–Trinajstić information content (AvgIpc) is 3.08. The summed E-state index contributed by atoms with van der Waals surface area (Å²) in [5, 5.41) is 11.9. The maximum atomic E-state index is 13.4. The molecule has 2 aromatic rings. The standard InChI is InChI=1S/C22H27N3O7/c1-29-16-8-6-15(7-9-16)23-10-5-11-24(13-12-23)22(26)17-14-18(30-2)20(31-3)21(32-4)19(17)25(27)28/h6-9,14H,5,10-13H2,1-4H3. The molecule has 0 bridgehead atoms. The van der Waals surface area contributed by atoms with Crippen LogP contribution in [0, 0.1) is 10.1 Å². The number of hydrogen-bond donors (Lipinski definition) is 0. The van der Waals surface area contributed by atoms with Crippen LogP contribution in [0.3, 0.4) is 0 Å². The van der Waals surface area contributed by atoms with E-state index in [1.807, 2.05) is 24.3 Å². The Hall–Kier alpha value is -3.69. The van der Waals surface area contributed by atoms with Crippen molar-refractivity contribution in [2.75, 3.05) is 59.5 Å². The minimum absolute atomic E-state index is 0.0693. The van der Waals surface area contributed by atoms with E-state index < -0.39 is 16.5 Å². The summed E-state index contributed by atoms with van der Waals surface area (Å²) < 4.78 is 21.0. The molecule has 172 valence electrons. The third kappa shape index (κ3) is 4.48. The van der Waals surface area contributed by atoms with Gasteiger partial charge in [-0.05, 0) is 30.7 Å². The van der Waals surface area contributed by atoms with Gasteiger partial charge in [0.15, 0.2) is 5.75 Å². The molecule has 32 heavy (non-hydrogen) atoms.